The molecule has 1 aliphatic heterocycles. The van der Waals surface area contributed by atoms with E-state index in [-0.39, 0.29) is 25.7 Å². The molecule has 1 aliphatic rings. The number of halogens is 7. The average Bonchev–Trinajstić information content (AvgIpc) is 3.62. The van der Waals surface area contributed by atoms with Crippen LogP contribution >= 0.6 is 11.3 Å². The molecular formula is C30H31F7N4O2S. The van der Waals surface area contributed by atoms with Gasteiger partial charge >= 0.3 is 18.4 Å². The highest BCUT2D eigenvalue weighted by Gasteiger charge is 2.37. The summed E-state index contributed by atoms with van der Waals surface area (Å²) in [6.07, 6.45) is -8.29. The second kappa shape index (κ2) is 14.0. The number of hydrogen-bond donors (Lipinski definition) is 1. The predicted molar refractivity (Wildman–Crippen MR) is 152 cm³/mol. The molecule has 0 spiro atoms. The molecule has 1 N–H and O–H groups in total. The van der Waals surface area contributed by atoms with Crippen molar-refractivity contribution in [1.29, 1.82) is 0 Å². The van der Waals surface area contributed by atoms with Crippen LogP contribution in [-0.2, 0) is 30.2 Å². The first kappa shape index (κ1) is 33.2. The molecule has 2 aromatic carbocycles. The average molecular weight is 645 g/mol. The minimum absolute atomic E-state index is 0.00504. The van der Waals surface area contributed by atoms with Gasteiger partial charge in [0.25, 0.3) is 0 Å². The molecule has 0 aliphatic carbocycles. The summed E-state index contributed by atoms with van der Waals surface area (Å²) in [5, 5.41) is 4.02. The van der Waals surface area contributed by atoms with Gasteiger partial charge in [-0.15, -0.1) is 11.3 Å². The van der Waals surface area contributed by atoms with Gasteiger partial charge in [0.2, 0.25) is 5.91 Å². The van der Waals surface area contributed by atoms with Crippen molar-refractivity contribution in [2.24, 2.45) is 0 Å². The molecule has 4 rings (SSSR count). The Morgan fingerprint density at radius 2 is 1.50 bits per heavy atom. The number of nitrogens with one attached hydrogen (secondary N) is 1. The van der Waals surface area contributed by atoms with Crippen molar-refractivity contribution < 1.29 is 40.3 Å². The topological polar surface area (TPSA) is 55.9 Å². The second-order valence-corrected chi connectivity index (χ2v) is 11.6. The number of amides is 3. The Bertz CT molecular complexity index is 1400. The number of carbonyl (C=O) groups is 2. The maximum atomic E-state index is 13.7. The third-order valence-corrected chi connectivity index (χ3v) is 8.29. The molecule has 0 radical (unpaired) electrons. The van der Waals surface area contributed by atoms with Crippen LogP contribution in [-0.4, -0.2) is 59.4 Å². The maximum absolute atomic E-state index is 13.7. The molecule has 44 heavy (non-hydrogen) atoms. The lowest BCUT2D eigenvalue weighted by atomic mass is 10.1. The number of likely N-dealkylation sites (tertiary alicyclic amines) is 1. The number of nitrogens with zero attached hydrogens (tertiary/aromatic N) is 3. The van der Waals surface area contributed by atoms with Crippen LogP contribution in [0.1, 0.15) is 40.0 Å². The van der Waals surface area contributed by atoms with E-state index < -0.39 is 53.5 Å². The van der Waals surface area contributed by atoms with Crippen molar-refractivity contribution in [3.05, 3.63) is 86.9 Å². The maximum Gasteiger partial charge on any atom is 0.416 e. The van der Waals surface area contributed by atoms with Gasteiger partial charge in [-0.2, -0.15) is 26.3 Å². The third-order valence-electron chi connectivity index (χ3n) is 7.28. The molecule has 14 heteroatoms. The summed E-state index contributed by atoms with van der Waals surface area (Å²) in [4.78, 5) is 32.6. The van der Waals surface area contributed by atoms with Gasteiger partial charge in [-0.05, 0) is 85.8 Å². The Morgan fingerprint density at radius 3 is 2.05 bits per heavy atom. The van der Waals surface area contributed by atoms with Crippen LogP contribution in [0.3, 0.4) is 0 Å². The summed E-state index contributed by atoms with van der Waals surface area (Å²) in [5.74, 6) is -0.951. The van der Waals surface area contributed by atoms with Crippen LogP contribution < -0.4 is 5.32 Å². The fraction of sp³-hybridized carbons (Fsp3) is 0.400. The molecule has 0 bridgehead atoms. The zero-order valence-electron chi connectivity index (χ0n) is 23.8. The van der Waals surface area contributed by atoms with Crippen molar-refractivity contribution in [1.82, 2.24) is 14.7 Å². The Hall–Kier alpha value is -3.65. The Balaban J connectivity index is 1.59. The number of hydrogen-bond acceptors (Lipinski definition) is 4. The van der Waals surface area contributed by atoms with Gasteiger partial charge in [0.15, 0.2) is 0 Å². The summed E-state index contributed by atoms with van der Waals surface area (Å²) in [7, 11) is 0. The van der Waals surface area contributed by atoms with Crippen LogP contribution in [0.15, 0.2) is 53.9 Å². The van der Waals surface area contributed by atoms with Gasteiger partial charge in [-0.1, -0.05) is 12.1 Å². The number of urea groups is 1. The van der Waals surface area contributed by atoms with E-state index in [0.29, 0.717) is 24.2 Å². The molecule has 1 fully saturated rings. The molecular weight excluding hydrogens is 613 g/mol. The lowest BCUT2D eigenvalue weighted by molar-refractivity contribution is -0.143. The van der Waals surface area contributed by atoms with Gasteiger partial charge < -0.3 is 20.0 Å². The summed E-state index contributed by atoms with van der Waals surface area (Å²) in [5.41, 5.74) is -2.27. The molecule has 3 aromatic rings. The Morgan fingerprint density at radius 1 is 0.886 bits per heavy atom. The minimum Gasteiger partial charge on any atom is -0.332 e. The highest BCUT2D eigenvalue weighted by Crippen LogP contribution is 2.37. The minimum atomic E-state index is -5.09. The first-order valence-corrected chi connectivity index (χ1v) is 14.7. The van der Waals surface area contributed by atoms with E-state index in [1.54, 1.807) is 0 Å². The third kappa shape index (κ3) is 9.18. The molecule has 6 nitrogen and oxygen atoms in total. The van der Waals surface area contributed by atoms with Crippen molar-refractivity contribution in [3.63, 3.8) is 0 Å². The smallest absolute Gasteiger partial charge is 0.332 e. The normalized spacial score (nSPS) is 14.1. The number of carbonyl (C=O) groups excluding carboxylic acids is 2. The lowest BCUT2D eigenvalue weighted by Gasteiger charge is -2.29. The van der Waals surface area contributed by atoms with E-state index in [9.17, 15) is 40.3 Å². The molecule has 238 valence electrons. The largest absolute Gasteiger partial charge is 0.416 e. The Labute approximate surface area is 254 Å². The van der Waals surface area contributed by atoms with Crippen molar-refractivity contribution >= 4 is 29.0 Å². The summed E-state index contributed by atoms with van der Waals surface area (Å²) >= 11 is 1.43. The number of anilines is 1. The second-order valence-electron chi connectivity index (χ2n) is 10.6. The van der Waals surface area contributed by atoms with Crippen LogP contribution in [0.5, 0.6) is 0 Å². The molecule has 3 amide bonds. The number of rotatable bonds is 10. The molecule has 1 saturated heterocycles. The van der Waals surface area contributed by atoms with Crippen LogP contribution in [0.4, 0.5) is 41.2 Å². The van der Waals surface area contributed by atoms with Gasteiger partial charge in [-0.25, -0.2) is 9.18 Å². The molecule has 0 atom stereocenters. The SMILES string of the molecule is Cc1ccsc1CN(Cc1ccc(F)cc1)C(=O)CN(CCN1CCCC1)C(=O)Nc1cc(C(F)(F)F)cc(C(F)(F)F)c1. The Kier molecular flexibility index (Phi) is 10.6. The van der Waals surface area contributed by atoms with Crippen molar-refractivity contribution in [2.45, 2.75) is 45.2 Å². The van der Waals surface area contributed by atoms with E-state index in [4.69, 9.17) is 0 Å². The molecule has 0 unspecified atom stereocenters. The van der Waals surface area contributed by atoms with Gasteiger partial charge in [-0.3, -0.25) is 4.79 Å². The van der Waals surface area contributed by atoms with Crippen LogP contribution in [0, 0.1) is 12.7 Å². The molecule has 0 saturated carbocycles. The first-order chi connectivity index (χ1) is 20.7. The van der Waals surface area contributed by atoms with Gasteiger partial charge in [0.05, 0.1) is 17.7 Å². The number of aryl methyl sites for hydroxylation is 1. The summed E-state index contributed by atoms with van der Waals surface area (Å²) in [6, 6.07) is 7.27. The standard InChI is InChI=1S/C30H31F7N4O2S/c1-20-8-13-44-26(20)18-41(17-21-4-6-24(31)7-5-21)27(42)19-40(12-11-39-9-2-3-10-39)28(43)38-25-15-22(29(32,33)34)14-23(16-25)30(35,36)37/h4-8,13-16H,2-3,9-12,17-19H2,1H3,(H,38,43). The fourth-order valence-electron chi connectivity index (χ4n) is 4.80. The van der Waals surface area contributed by atoms with E-state index in [0.717, 1.165) is 41.3 Å². The number of alkyl halides is 6. The van der Waals surface area contributed by atoms with Crippen LogP contribution in [0.25, 0.3) is 0 Å². The zero-order valence-corrected chi connectivity index (χ0v) is 24.6. The van der Waals surface area contributed by atoms with Gasteiger partial charge in [0.1, 0.15) is 12.4 Å². The van der Waals surface area contributed by atoms with E-state index in [1.165, 1.54) is 40.5 Å². The highest BCUT2D eigenvalue weighted by atomic mass is 32.1. The first-order valence-electron chi connectivity index (χ1n) is 13.8. The lowest BCUT2D eigenvalue weighted by Crippen LogP contribution is -2.46. The van der Waals surface area contributed by atoms with E-state index in [1.807, 2.05) is 18.4 Å². The van der Waals surface area contributed by atoms with E-state index in [2.05, 4.69) is 10.2 Å². The number of benzene rings is 2. The fourth-order valence-corrected chi connectivity index (χ4v) is 5.72. The van der Waals surface area contributed by atoms with Crippen molar-refractivity contribution in [2.75, 3.05) is 38.0 Å². The number of thiophene rings is 1. The van der Waals surface area contributed by atoms with Gasteiger partial charge in [0, 0.05) is 30.2 Å². The predicted octanol–water partition coefficient (Wildman–Crippen LogP) is 7.39. The highest BCUT2D eigenvalue weighted by molar-refractivity contribution is 7.10. The van der Waals surface area contributed by atoms with E-state index >= 15 is 0 Å². The summed E-state index contributed by atoms with van der Waals surface area (Å²) in [6.45, 7) is 3.55. The molecule has 1 aromatic heterocycles. The quantitative estimate of drug-likeness (QED) is 0.234. The zero-order chi connectivity index (χ0) is 32.1. The molecule has 2 heterocycles. The summed E-state index contributed by atoms with van der Waals surface area (Å²) < 4.78 is 93.9. The van der Waals surface area contributed by atoms with Crippen LogP contribution in [0.2, 0.25) is 0 Å². The van der Waals surface area contributed by atoms with Crippen molar-refractivity contribution in [3.8, 4) is 0 Å². The monoisotopic (exact) mass is 644 g/mol.